The summed E-state index contributed by atoms with van der Waals surface area (Å²) in [4.78, 5) is 0. The number of halogens is 1. The fourth-order valence-electron chi connectivity index (χ4n) is 1.09. The van der Waals surface area contributed by atoms with Gasteiger partial charge in [0.2, 0.25) is 0 Å². The molecule has 0 amide bonds. The molecule has 0 atom stereocenters. The molecule has 0 saturated heterocycles. The molecule has 2 radical (unpaired) electrons. The van der Waals surface area contributed by atoms with Crippen LogP contribution in [0, 0.1) is 0 Å². The molecular formula is C7H4BBrN2O. The molecule has 2 rings (SSSR count). The van der Waals surface area contributed by atoms with Crippen molar-refractivity contribution in [2.24, 2.45) is 0 Å². The van der Waals surface area contributed by atoms with Crippen LogP contribution in [0.4, 0.5) is 0 Å². The van der Waals surface area contributed by atoms with Gasteiger partial charge in [0.05, 0.1) is 0 Å². The molecule has 12 heavy (non-hydrogen) atoms. The van der Waals surface area contributed by atoms with E-state index in [0.717, 1.165) is 4.47 Å². The van der Waals surface area contributed by atoms with E-state index >= 15 is 0 Å². The van der Waals surface area contributed by atoms with Gasteiger partial charge in [0, 0.05) is 16.9 Å². The third-order valence-electron chi connectivity index (χ3n) is 1.59. The van der Waals surface area contributed by atoms with Gasteiger partial charge in [-0.1, -0.05) is 0 Å². The standard InChI is InChI=1S/C7H4BBrN2O/c8-5-2-10-11-3-4(9)1-6(12)7(5)11/h1-3,12H. The Morgan fingerprint density at radius 2 is 2.33 bits per heavy atom. The number of rotatable bonds is 0. The number of aromatic hydroxyl groups is 1. The molecule has 2 aromatic heterocycles. The Labute approximate surface area is 78.6 Å². The van der Waals surface area contributed by atoms with E-state index < -0.39 is 0 Å². The van der Waals surface area contributed by atoms with Crippen LogP contribution in [0.3, 0.4) is 0 Å². The zero-order valence-electron chi connectivity index (χ0n) is 6.03. The van der Waals surface area contributed by atoms with Crippen molar-refractivity contribution in [3.8, 4) is 5.75 Å². The van der Waals surface area contributed by atoms with Crippen molar-refractivity contribution in [3.05, 3.63) is 22.9 Å². The SMILES string of the molecule is [B]c1cnn2cc(Br)cc(O)c12. The maximum Gasteiger partial charge on any atom is 0.141 e. The van der Waals surface area contributed by atoms with E-state index in [1.54, 1.807) is 12.3 Å². The smallest absolute Gasteiger partial charge is 0.141 e. The van der Waals surface area contributed by atoms with E-state index in [1.165, 1.54) is 10.7 Å². The van der Waals surface area contributed by atoms with E-state index in [1.807, 2.05) is 0 Å². The number of hydrogen-bond acceptors (Lipinski definition) is 2. The Hall–Kier alpha value is -0.965. The van der Waals surface area contributed by atoms with Gasteiger partial charge in [-0.2, -0.15) is 5.10 Å². The molecule has 1 N–H and O–H groups in total. The van der Waals surface area contributed by atoms with Crippen LogP contribution >= 0.6 is 15.9 Å². The molecule has 5 heteroatoms. The minimum absolute atomic E-state index is 0.124. The first-order valence-electron chi connectivity index (χ1n) is 3.30. The zero-order chi connectivity index (χ0) is 8.72. The fourth-order valence-corrected chi connectivity index (χ4v) is 1.50. The molecule has 2 heterocycles. The van der Waals surface area contributed by atoms with Crippen LogP contribution < -0.4 is 5.46 Å². The molecule has 0 spiro atoms. The van der Waals surface area contributed by atoms with Crippen molar-refractivity contribution < 1.29 is 5.11 Å². The van der Waals surface area contributed by atoms with Crippen LogP contribution in [-0.2, 0) is 0 Å². The van der Waals surface area contributed by atoms with Crippen molar-refractivity contribution in [1.82, 2.24) is 9.61 Å². The summed E-state index contributed by atoms with van der Waals surface area (Å²) in [6, 6.07) is 1.58. The maximum atomic E-state index is 9.45. The zero-order valence-corrected chi connectivity index (χ0v) is 7.62. The van der Waals surface area contributed by atoms with Gasteiger partial charge in [0.15, 0.2) is 0 Å². The van der Waals surface area contributed by atoms with Gasteiger partial charge in [0.1, 0.15) is 19.1 Å². The van der Waals surface area contributed by atoms with Gasteiger partial charge < -0.3 is 5.11 Å². The molecule has 0 fully saturated rings. The van der Waals surface area contributed by atoms with Gasteiger partial charge in [-0.05, 0) is 27.5 Å². The predicted octanol–water partition coefficient (Wildman–Crippen LogP) is 0.596. The second kappa shape index (κ2) is 2.52. The molecule has 2 aromatic rings. The van der Waals surface area contributed by atoms with Crippen LogP contribution in [-0.4, -0.2) is 22.6 Å². The van der Waals surface area contributed by atoms with Crippen molar-refractivity contribution in [3.63, 3.8) is 0 Å². The molecular weight excluding hydrogens is 219 g/mol. The van der Waals surface area contributed by atoms with Gasteiger partial charge in [0.25, 0.3) is 0 Å². The van der Waals surface area contributed by atoms with Crippen LogP contribution in [0.1, 0.15) is 0 Å². The second-order valence-corrected chi connectivity index (χ2v) is 3.35. The third-order valence-corrected chi connectivity index (χ3v) is 2.02. The second-order valence-electron chi connectivity index (χ2n) is 2.44. The van der Waals surface area contributed by atoms with Gasteiger partial charge in [-0.25, -0.2) is 4.52 Å². The maximum absolute atomic E-state index is 9.45. The summed E-state index contributed by atoms with van der Waals surface area (Å²) in [5, 5.41) is 13.4. The molecule has 3 nitrogen and oxygen atoms in total. The summed E-state index contributed by atoms with van der Waals surface area (Å²) in [7, 11) is 5.57. The van der Waals surface area contributed by atoms with Gasteiger partial charge >= 0.3 is 0 Å². The normalized spacial score (nSPS) is 10.8. The Bertz CT molecular complexity index is 440. The summed E-state index contributed by atoms with van der Waals surface area (Å²) >= 11 is 3.23. The Balaban J connectivity index is 2.93. The van der Waals surface area contributed by atoms with Gasteiger partial charge in [-0.3, -0.25) is 0 Å². The molecule has 0 unspecified atom stereocenters. The summed E-state index contributed by atoms with van der Waals surface area (Å²) in [5.74, 6) is 0.124. The molecule has 0 aliphatic heterocycles. The van der Waals surface area contributed by atoms with Crippen LogP contribution in [0.2, 0.25) is 0 Å². The highest BCUT2D eigenvalue weighted by atomic mass is 79.9. The lowest BCUT2D eigenvalue weighted by molar-refractivity contribution is 0.478. The molecule has 0 aliphatic rings. The summed E-state index contributed by atoms with van der Waals surface area (Å²) in [6.45, 7) is 0. The Morgan fingerprint density at radius 3 is 3.08 bits per heavy atom. The topological polar surface area (TPSA) is 37.5 Å². The van der Waals surface area contributed by atoms with Crippen molar-refractivity contribution in [2.75, 3.05) is 0 Å². The summed E-state index contributed by atoms with van der Waals surface area (Å²) < 4.78 is 2.28. The Kier molecular flexibility index (Phi) is 1.61. The largest absolute Gasteiger partial charge is 0.506 e. The minimum atomic E-state index is 0.124. The fraction of sp³-hybridized carbons (Fsp3) is 0. The number of fused-ring (bicyclic) bond motifs is 1. The quantitative estimate of drug-likeness (QED) is 0.663. The average Bonchev–Trinajstić information content (AvgIpc) is 2.31. The van der Waals surface area contributed by atoms with Crippen molar-refractivity contribution >= 4 is 34.8 Å². The van der Waals surface area contributed by atoms with E-state index in [2.05, 4.69) is 21.0 Å². The molecule has 58 valence electrons. The van der Waals surface area contributed by atoms with Crippen LogP contribution in [0.15, 0.2) is 22.9 Å². The molecule has 0 aliphatic carbocycles. The minimum Gasteiger partial charge on any atom is -0.506 e. The highest BCUT2D eigenvalue weighted by Gasteiger charge is 2.04. The first-order chi connectivity index (χ1) is 5.68. The number of aromatic nitrogens is 2. The molecule has 0 aromatic carbocycles. The molecule has 0 saturated carbocycles. The van der Waals surface area contributed by atoms with Crippen LogP contribution in [0.5, 0.6) is 5.75 Å². The van der Waals surface area contributed by atoms with Gasteiger partial charge in [-0.15, -0.1) is 0 Å². The highest BCUT2D eigenvalue weighted by molar-refractivity contribution is 9.10. The van der Waals surface area contributed by atoms with Crippen molar-refractivity contribution in [1.29, 1.82) is 0 Å². The first kappa shape index (κ1) is 7.67. The van der Waals surface area contributed by atoms with Crippen LogP contribution in [0.25, 0.3) is 5.52 Å². The number of hydrogen-bond donors (Lipinski definition) is 1. The van der Waals surface area contributed by atoms with E-state index in [4.69, 9.17) is 7.85 Å². The summed E-state index contributed by atoms with van der Waals surface area (Å²) in [5.41, 5.74) is 1.01. The highest BCUT2D eigenvalue weighted by Crippen LogP contribution is 2.20. The number of pyridine rings is 1. The first-order valence-corrected chi connectivity index (χ1v) is 4.09. The third kappa shape index (κ3) is 1.01. The van der Waals surface area contributed by atoms with E-state index in [-0.39, 0.29) is 5.75 Å². The van der Waals surface area contributed by atoms with Crippen molar-refractivity contribution in [2.45, 2.75) is 0 Å². The lowest BCUT2D eigenvalue weighted by Gasteiger charge is -1.98. The van der Waals surface area contributed by atoms with E-state index in [0.29, 0.717) is 11.0 Å². The average molecular weight is 223 g/mol. The van der Waals surface area contributed by atoms with E-state index in [9.17, 15) is 5.11 Å². The number of nitrogens with zero attached hydrogens (tertiary/aromatic N) is 2. The summed E-state index contributed by atoms with van der Waals surface area (Å²) in [6.07, 6.45) is 3.23. The lowest BCUT2D eigenvalue weighted by Crippen LogP contribution is -1.99. The molecule has 0 bridgehead atoms. The Morgan fingerprint density at radius 1 is 1.58 bits per heavy atom. The lowest BCUT2D eigenvalue weighted by atomic mass is 9.98. The monoisotopic (exact) mass is 222 g/mol. The predicted molar refractivity (Wildman–Crippen MR) is 49.9 cm³/mol.